The molecule has 31 heavy (non-hydrogen) atoms. The summed E-state index contributed by atoms with van der Waals surface area (Å²) < 4.78 is 20.2. The van der Waals surface area contributed by atoms with E-state index in [4.69, 9.17) is 17.0 Å². The Labute approximate surface area is 185 Å². The van der Waals surface area contributed by atoms with Crippen LogP contribution in [0.5, 0.6) is 11.5 Å². The molecule has 3 aromatic rings. The number of nitrogens with one attached hydrogen (secondary N) is 1. The summed E-state index contributed by atoms with van der Waals surface area (Å²) in [7, 11) is 0. The van der Waals surface area contributed by atoms with Gasteiger partial charge in [-0.15, -0.1) is 0 Å². The zero-order valence-electron chi connectivity index (χ0n) is 16.9. The van der Waals surface area contributed by atoms with E-state index in [1.807, 2.05) is 54.6 Å². The van der Waals surface area contributed by atoms with Crippen molar-refractivity contribution in [3.63, 3.8) is 0 Å². The molecule has 0 saturated carbocycles. The van der Waals surface area contributed by atoms with Gasteiger partial charge in [-0.1, -0.05) is 60.7 Å². The molecule has 1 heterocycles. The van der Waals surface area contributed by atoms with Crippen LogP contribution in [0, 0.1) is 12.7 Å². The molecule has 1 unspecified atom stereocenters. The Morgan fingerprint density at radius 3 is 2.39 bits per heavy atom. The first-order valence-corrected chi connectivity index (χ1v) is 10.0. The van der Waals surface area contributed by atoms with Crippen LogP contribution in [0.3, 0.4) is 0 Å². The van der Waals surface area contributed by atoms with E-state index in [0.717, 1.165) is 11.3 Å². The van der Waals surface area contributed by atoms with Crippen molar-refractivity contribution in [2.24, 2.45) is 0 Å². The molecular formula is C25H22FNO3S. The minimum atomic E-state index is -0.598. The fraction of sp³-hybridized carbons (Fsp3) is 0.120. The number of carbonyl (C=O) groups is 1. The van der Waals surface area contributed by atoms with Gasteiger partial charge in [0.1, 0.15) is 17.3 Å². The average Bonchev–Trinajstić information content (AvgIpc) is 2.75. The summed E-state index contributed by atoms with van der Waals surface area (Å²) in [5.74, 6) is 0.381. The third-order valence-electron chi connectivity index (χ3n) is 5.04. The SMILES string of the molecule is Cc1cccc(/C=C2\CNC(=S)C(c3ccc(Oc4ccccc4)cc3)C2=O)c1F.O. The predicted octanol–water partition coefficient (Wildman–Crippen LogP) is 4.77. The van der Waals surface area contributed by atoms with Crippen molar-refractivity contribution >= 4 is 29.1 Å². The molecule has 6 heteroatoms. The number of piperidine rings is 1. The molecule has 0 aliphatic carbocycles. The Morgan fingerprint density at radius 1 is 1.00 bits per heavy atom. The number of carbonyl (C=O) groups excluding carboxylic acids is 1. The summed E-state index contributed by atoms with van der Waals surface area (Å²) >= 11 is 5.42. The van der Waals surface area contributed by atoms with Crippen molar-refractivity contribution < 1.29 is 19.4 Å². The van der Waals surface area contributed by atoms with Gasteiger partial charge in [0, 0.05) is 17.7 Å². The average molecular weight is 436 g/mol. The molecule has 0 bridgehead atoms. The van der Waals surface area contributed by atoms with Crippen LogP contribution in [0.15, 0.2) is 78.4 Å². The molecule has 3 aromatic carbocycles. The molecule has 1 saturated heterocycles. The maximum Gasteiger partial charge on any atom is 0.174 e. The van der Waals surface area contributed by atoms with Crippen LogP contribution >= 0.6 is 12.2 Å². The Hall–Kier alpha value is -3.35. The largest absolute Gasteiger partial charge is 0.457 e. The Morgan fingerprint density at radius 2 is 1.68 bits per heavy atom. The van der Waals surface area contributed by atoms with Crippen LogP contribution < -0.4 is 10.1 Å². The number of ketones is 1. The van der Waals surface area contributed by atoms with Crippen molar-refractivity contribution in [1.29, 1.82) is 0 Å². The fourth-order valence-corrected chi connectivity index (χ4v) is 3.74. The van der Waals surface area contributed by atoms with Crippen molar-refractivity contribution in [1.82, 2.24) is 5.32 Å². The molecule has 4 rings (SSSR count). The molecule has 1 aliphatic heterocycles. The summed E-state index contributed by atoms with van der Waals surface area (Å²) in [5, 5.41) is 3.11. The summed E-state index contributed by atoms with van der Waals surface area (Å²) in [6.07, 6.45) is 1.61. The maximum absolute atomic E-state index is 14.4. The number of ether oxygens (including phenoxy) is 1. The molecule has 0 radical (unpaired) electrons. The van der Waals surface area contributed by atoms with E-state index in [9.17, 15) is 9.18 Å². The zero-order valence-corrected chi connectivity index (χ0v) is 17.7. The van der Waals surface area contributed by atoms with Gasteiger partial charge in [0.25, 0.3) is 0 Å². The second-order valence-corrected chi connectivity index (χ2v) is 7.59. The highest BCUT2D eigenvalue weighted by atomic mass is 32.1. The molecule has 4 nitrogen and oxygen atoms in total. The predicted molar refractivity (Wildman–Crippen MR) is 124 cm³/mol. The number of hydrogen-bond acceptors (Lipinski definition) is 3. The Balaban J connectivity index is 0.00000272. The van der Waals surface area contributed by atoms with Crippen LogP contribution in [0.2, 0.25) is 0 Å². The zero-order chi connectivity index (χ0) is 21.1. The Kier molecular flexibility index (Phi) is 6.95. The van der Waals surface area contributed by atoms with Gasteiger partial charge >= 0.3 is 0 Å². The molecule has 0 amide bonds. The van der Waals surface area contributed by atoms with E-state index in [0.29, 0.717) is 27.4 Å². The third kappa shape index (κ3) is 4.87. The minimum Gasteiger partial charge on any atom is -0.457 e. The molecule has 158 valence electrons. The second-order valence-electron chi connectivity index (χ2n) is 7.15. The first-order valence-electron chi connectivity index (χ1n) is 9.63. The summed E-state index contributed by atoms with van der Waals surface area (Å²) in [4.78, 5) is 13.6. The van der Waals surface area contributed by atoms with Crippen LogP contribution in [-0.4, -0.2) is 22.8 Å². The Bertz CT molecular complexity index is 1130. The van der Waals surface area contributed by atoms with Crippen molar-refractivity contribution in [3.05, 3.63) is 101 Å². The minimum absolute atomic E-state index is 0. The molecule has 1 fully saturated rings. The molecule has 0 aromatic heterocycles. The lowest BCUT2D eigenvalue weighted by Gasteiger charge is -2.26. The highest BCUT2D eigenvalue weighted by molar-refractivity contribution is 7.80. The smallest absolute Gasteiger partial charge is 0.174 e. The first-order chi connectivity index (χ1) is 14.5. The summed E-state index contributed by atoms with van der Waals surface area (Å²) in [6.45, 7) is 1.99. The monoisotopic (exact) mass is 435 g/mol. The highest BCUT2D eigenvalue weighted by Gasteiger charge is 2.32. The summed E-state index contributed by atoms with van der Waals surface area (Å²) in [6, 6.07) is 21.9. The van der Waals surface area contributed by atoms with Crippen molar-refractivity contribution in [2.45, 2.75) is 12.8 Å². The van der Waals surface area contributed by atoms with Crippen LogP contribution in [0.25, 0.3) is 6.08 Å². The number of aryl methyl sites for hydroxylation is 1. The lowest BCUT2D eigenvalue weighted by molar-refractivity contribution is -0.115. The van der Waals surface area contributed by atoms with Gasteiger partial charge in [0.2, 0.25) is 0 Å². The van der Waals surface area contributed by atoms with Gasteiger partial charge in [-0.3, -0.25) is 4.79 Å². The standard InChI is InChI=1S/C25H20FNO2S.H2O/c1-16-6-5-7-18(23(16)26)14-19-15-27-25(30)22(24(19)28)17-10-12-21(13-11-17)29-20-8-3-2-4-9-20;/h2-14,22H,15H2,1H3,(H,27,30);1H2/b19-14+;. The number of Topliss-reactive ketones (excluding diaryl/α,β-unsaturated/α-hetero) is 1. The van der Waals surface area contributed by atoms with Crippen molar-refractivity contribution in [3.8, 4) is 11.5 Å². The van der Waals surface area contributed by atoms with E-state index in [-0.39, 0.29) is 23.6 Å². The van der Waals surface area contributed by atoms with Gasteiger partial charge in [0.15, 0.2) is 5.78 Å². The number of para-hydroxylation sites is 1. The maximum atomic E-state index is 14.4. The van der Waals surface area contributed by atoms with Gasteiger partial charge < -0.3 is 15.5 Å². The van der Waals surface area contributed by atoms with E-state index in [1.54, 1.807) is 31.2 Å². The first kappa shape index (κ1) is 22.3. The van der Waals surface area contributed by atoms with E-state index in [2.05, 4.69) is 5.32 Å². The molecule has 3 N–H and O–H groups in total. The number of hydrogen-bond donors (Lipinski definition) is 1. The van der Waals surface area contributed by atoms with Gasteiger partial charge in [-0.2, -0.15) is 0 Å². The number of benzene rings is 3. The van der Waals surface area contributed by atoms with Crippen LogP contribution in [-0.2, 0) is 4.79 Å². The molecular weight excluding hydrogens is 413 g/mol. The lowest BCUT2D eigenvalue weighted by atomic mass is 9.86. The van der Waals surface area contributed by atoms with Crippen LogP contribution in [0.1, 0.15) is 22.6 Å². The lowest BCUT2D eigenvalue weighted by Crippen LogP contribution is -2.41. The van der Waals surface area contributed by atoms with E-state index in [1.165, 1.54) is 0 Å². The highest BCUT2D eigenvalue weighted by Crippen LogP contribution is 2.29. The third-order valence-corrected chi connectivity index (χ3v) is 5.42. The number of halogens is 1. The number of thiocarbonyl (C=S) groups is 1. The van der Waals surface area contributed by atoms with E-state index >= 15 is 0 Å². The molecule has 1 aliphatic rings. The van der Waals surface area contributed by atoms with Gasteiger partial charge in [-0.05, 0) is 48.4 Å². The topological polar surface area (TPSA) is 69.8 Å². The van der Waals surface area contributed by atoms with E-state index < -0.39 is 5.92 Å². The van der Waals surface area contributed by atoms with Crippen LogP contribution in [0.4, 0.5) is 4.39 Å². The normalized spacial score (nSPS) is 17.1. The van der Waals surface area contributed by atoms with Crippen molar-refractivity contribution in [2.75, 3.05) is 6.54 Å². The summed E-state index contributed by atoms with van der Waals surface area (Å²) in [5.41, 5.74) is 2.22. The second kappa shape index (κ2) is 9.64. The fourth-order valence-electron chi connectivity index (χ4n) is 3.42. The quantitative estimate of drug-likeness (QED) is 0.473. The molecule has 1 atom stereocenters. The van der Waals surface area contributed by atoms with Gasteiger partial charge in [-0.25, -0.2) is 4.39 Å². The number of rotatable bonds is 4. The van der Waals surface area contributed by atoms with Gasteiger partial charge in [0.05, 0.1) is 10.9 Å². The molecule has 0 spiro atoms.